The van der Waals surface area contributed by atoms with Gasteiger partial charge in [0.25, 0.3) is 0 Å². The van der Waals surface area contributed by atoms with E-state index in [2.05, 4.69) is 82.7 Å². The smallest absolute Gasteiger partial charge is 0.160 e. The van der Waals surface area contributed by atoms with Crippen molar-refractivity contribution in [1.82, 2.24) is 9.88 Å². The number of hydrogen-bond donors (Lipinski definition) is 2. The third-order valence-electron chi connectivity index (χ3n) is 7.62. The number of fused-ring (bicyclic) bond motifs is 8. The minimum absolute atomic E-state index is 0.483. The zero-order chi connectivity index (χ0) is 26.8. The van der Waals surface area contributed by atoms with E-state index in [1.807, 2.05) is 42.5 Å². The van der Waals surface area contributed by atoms with E-state index in [0.717, 1.165) is 72.4 Å². The van der Waals surface area contributed by atoms with Crippen LogP contribution in [0.3, 0.4) is 0 Å². The van der Waals surface area contributed by atoms with Gasteiger partial charge in [-0.25, -0.2) is 4.99 Å². The van der Waals surface area contributed by atoms with Gasteiger partial charge in [-0.05, 0) is 61.5 Å². The Labute approximate surface area is 230 Å². The first-order valence-electron chi connectivity index (χ1n) is 13.3. The van der Waals surface area contributed by atoms with Crippen LogP contribution in [-0.4, -0.2) is 16.1 Å². The molecular weight excluding hydrogens is 492 g/mol. The first-order valence-corrected chi connectivity index (χ1v) is 13.3. The number of nitrogens with one attached hydrogen (secondary N) is 2. The third kappa shape index (κ3) is 3.34. The maximum absolute atomic E-state index is 8.01. The molecule has 190 valence electrons. The van der Waals surface area contributed by atoms with E-state index in [9.17, 15) is 0 Å². The Morgan fingerprint density at radius 1 is 0.775 bits per heavy atom. The first-order chi connectivity index (χ1) is 19.7. The number of hydrogen-bond acceptors (Lipinski definition) is 4. The fraction of sp³-hybridized carbons (Fsp3) is 0.0286. The van der Waals surface area contributed by atoms with Gasteiger partial charge >= 0.3 is 0 Å². The zero-order valence-electron chi connectivity index (χ0n) is 21.8. The number of allylic oxidation sites excluding steroid dienone is 1. The SMILES string of the molecule is CC(=N)/C=C1\NC(c2ccc(-n3c4ccccc4c4ccc5c6ccccc6oc5c43)cc2)=Nc2ccccc21. The summed E-state index contributed by atoms with van der Waals surface area (Å²) >= 11 is 0. The van der Waals surface area contributed by atoms with Crippen molar-refractivity contribution in [3.8, 4) is 5.69 Å². The van der Waals surface area contributed by atoms with E-state index in [4.69, 9.17) is 14.8 Å². The summed E-state index contributed by atoms with van der Waals surface area (Å²) in [5.41, 5.74) is 9.25. The summed E-state index contributed by atoms with van der Waals surface area (Å²) in [6.45, 7) is 1.78. The van der Waals surface area contributed by atoms with Crippen LogP contribution in [0.4, 0.5) is 5.69 Å². The number of rotatable bonds is 3. The summed E-state index contributed by atoms with van der Waals surface area (Å²) in [5, 5.41) is 16.1. The molecule has 0 radical (unpaired) electrons. The van der Waals surface area contributed by atoms with Crippen molar-refractivity contribution in [2.45, 2.75) is 6.92 Å². The lowest BCUT2D eigenvalue weighted by atomic mass is 10.0. The maximum atomic E-state index is 8.01. The number of amidine groups is 1. The molecule has 5 aromatic carbocycles. The van der Waals surface area contributed by atoms with Crippen LogP contribution in [0.2, 0.25) is 0 Å². The zero-order valence-corrected chi connectivity index (χ0v) is 21.8. The summed E-state index contributed by atoms with van der Waals surface area (Å²) in [6, 6.07) is 37.6. The van der Waals surface area contributed by atoms with Gasteiger partial charge < -0.3 is 19.7 Å². The van der Waals surface area contributed by atoms with Crippen LogP contribution in [-0.2, 0) is 0 Å². The lowest BCUT2D eigenvalue weighted by Crippen LogP contribution is -2.26. The molecule has 1 aliphatic rings. The monoisotopic (exact) mass is 516 g/mol. The minimum Gasteiger partial charge on any atom is -0.454 e. The van der Waals surface area contributed by atoms with Crippen LogP contribution in [0.15, 0.2) is 125 Å². The van der Waals surface area contributed by atoms with E-state index in [1.54, 1.807) is 6.92 Å². The molecule has 2 aromatic heterocycles. The second-order valence-corrected chi connectivity index (χ2v) is 10.2. The van der Waals surface area contributed by atoms with E-state index >= 15 is 0 Å². The van der Waals surface area contributed by atoms with E-state index in [0.29, 0.717) is 5.71 Å². The van der Waals surface area contributed by atoms with Crippen LogP contribution in [0.25, 0.3) is 55.1 Å². The van der Waals surface area contributed by atoms with Crippen molar-refractivity contribution in [2.24, 2.45) is 4.99 Å². The predicted octanol–water partition coefficient (Wildman–Crippen LogP) is 8.75. The van der Waals surface area contributed by atoms with Crippen LogP contribution in [0.5, 0.6) is 0 Å². The first kappa shape index (κ1) is 22.6. The third-order valence-corrected chi connectivity index (χ3v) is 7.62. The highest BCUT2D eigenvalue weighted by atomic mass is 16.3. The van der Waals surface area contributed by atoms with Crippen molar-refractivity contribution in [1.29, 1.82) is 5.41 Å². The van der Waals surface area contributed by atoms with Gasteiger partial charge in [-0.1, -0.05) is 60.7 Å². The normalized spacial score (nSPS) is 14.1. The van der Waals surface area contributed by atoms with E-state index in [1.165, 1.54) is 5.39 Å². The Bertz CT molecular complexity index is 2210. The summed E-state index contributed by atoms with van der Waals surface area (Å²) in [6.07, 6.45) is 1.85. The van der Waals surface area contributed by atoms with Crippen LogP contribution >= 0.6 is 0 Å². The van der Waals surface area contributed by atoms with Crippen molar-refractivity contribution in [3.63, 3.8) is 0 Å². The molecule has 0 bridgehead atoms. The Morgan fingerprint density at radius 2 is 1.50 bits per heavy atom. The number of para-hydroxylation sites is 3. The summed E-state index contributed by atoms with van der Waals surface area (Å²) in [7, 11) is 0. The predicted molar refractivity (Wildman–Crippen MR) is 165 cm³/mol. The molecule has 0 aliphatic carbocycles. The Morgan fingerprint density at radius 3 is 2.35 bits per heavy atom. The molecule has 0 spiro atoms. The van der Waals surface area contributed by atoms with Gasteiger partial charge in [0.2, 0.25) is 0 Å². The van der Waals surface area contributed by atoms with Crippen molar-refractivity contribution < 1.29 is 4.42 Å². The van der Waals surface area contributed by atoms with Crippen LogP contribution in [0.1, 0.15) is 18.1 Å². The molecule has 8 rings (SSSR count). The molecule has 5 nitrogen and oxygen atoms in total. The molecule has 1 aliphatic heterocycles. The number of aromatic nitrogens is 1. The molecule has 0 fully saturated rings. The molecular formula is C35H24N4O. The Hall–Kier alpha value is -5.42. The van der Waals surface area contributed by atoms with Gasteiger partial charge in [-0.2, -0.15) is 0 Å². The van der Waals surface area contributed by atoms with Gasteiger partial charge in [-0.15, -0.1) is 0 Å². The average Bonchev–Trinajstić information content (AvgIpc) is 3.53. The number of aliphatic imine (C=N–C) groups is 1. The molecule has 7 aromatic rings. The molecule has 0 unspecified atom stereocenters. The highest BCUT2D eigenvalue weighted by Crippen LogP contribution is 2.40. The highest BCUT2D eigenvalue weighted by Gasteiger charge is 2.20. The van der Waals surface area contributed by atoms with Crippen LogP contribution < -0.4 is 5.32 Å². The Kier molecular flexibility index (Phi) is 4.82. The highest BCUT2D eigenvalue weighted by molar-refractivity contribution is 6.21. The standard InChI is InChI=1S/C35H24N4O/c1-21(36)20-30-28-10-2-5-11-29(28)37-35(38-30)22-14-16-23(17-15-22)39-31-12-6-3-8-24(31)26-18-19-27-25-9-4-7-13-32(25)40-34(27)33(26)39/h2-20,36H,1H3,(H,37,38)/b30-20-,36-21?. The molecule has 0 saturated heterocycles. The van der Waals surface area contributed by atoms with E-state index in [-0.39, 0.29) is 0 Å². The molecule has 3 heterocycles. The van der Waals surface area contributed by atoms with E-state index < -0.39 is 0 Å². The van der Waals surface area contributed by atoms with Gasteiger partial charge in [-0.3, -0.25) is 0 Å². The number of furan rings is 1. The summed E-state index contributed by atoms with van der Waals surface area (Å²) < 4.78 is 8.78. The minimum atomic E-state index is 0.483. The quantitative estimate of drug-likeness (QED) is 0.231. The summed E-state index contributed by atoms with van der Waals surface area (Å²) in [4.78, 5) is 4.90. The van der Waals surface area contributed by atoms with Crippen molar-refractivity contribution >= 4 is 66.7 Å². The fourth-order valence-electron chi connectivity index (χ4n) is 5.88. The van der Waals surface area contributed by atoms with Gasteiger partial charge in [0.15, 0.2) is 5.58 Å². The molecule has 0 amide bonds. The fourth-order valence-corrected chi connectivity index (χ4v) is 5.88. The molecule has 2 N–H and O–H groups in total. The largest absolute Gasteiger partial charge is 0.454 e. The molecule has 0 saturated carbocycles. The second kappa shape index (κ2) is 8.55. The number of nitrogens with zero attached hydrogens (tertiary/aromatic N) is 2. The number of benzene rings is 5. The second-order valence-electron chi connectivity index (χ2n) is 10.2. The van der Waals surface area contributed by atoms with Gasteiger partial charge in [0.1, 0.15) is 11.4 Å². The lowest BCUT2D eigenvalue weighted by molar-refractivity contribution is 0.671. The molecule has 0 atom stereocenters. The maximum Gasteiger partial charge on any atom is 0.160 e. The van der Waals surface area contributed by atoms with Gasteiger partial charge in [0, 0.05) is 44.1 Å². The topological polar surface area (TPSA) is 66.3 Å². The van der Waals surface area contributed by atoms with Gasteiger partial charge in [0.05, 0.1) is 22.4 Å². The molecule has 5 heteroatoms. The van der Waals surface area contributed by atoms with Crippen LogP contribution in [0, 0.1) is 5.41 Å². The Balaban J connectivity index is 1.32. The average molecular weight is 517 g/mol. The lowest BCUT2D eigenvalue weighted by Gasteiger charge is -2.21. The van der Waals surface area contributed by atoms with Crippen molar-refractivity contribution in [3.05, 3.63) is 126 Å². The van der Waals surface area contributed by atoms with Crippen molar-refractivity contribution in [2.75, 3.05) is 0 Å². The summed E-state index contributed by atoms with van der Waals surface area (Å²) in [5.74, 6) is 0.764. The molecule has 40 heavy (non-hydrogen) atoms.